The summed E-state index contributed by atoms with van der Waals surface area (Å²) in [7, 11) is -2.99. The molecule has 0 radical (unpaired) electrons. The first kappa shape index (κ1) is 18.0. The van der Waals surface area contributed by atoms with Gasteiger partial charge in [-0.3, -0.25) is 0 Å². The van der Waals surface area contributed by atoms with Crippen molar-refractivity contribution in [2.24, 2.45) is 11.3 Å². The minimum atomic E-state index is -2.99. The molecule has 0 aromatic carbocycles. The standard InChI is InChI=1S/C16H33NO2S/c1-5-7-8-9-12-16(3,6-2)15-10-13-17(14-11-15)20(4,18)19/h15H,5-14H2,1-4H3. The minimum Gasteiger partial charge on any atom is -0.213 e. The van der Waals surface area contributed by atoms with E-state index in [-0.39, 0.29) is 0 Å². The molecule has 0 aliphatic carbocycles. The van der Waals surface area contributed by atoms with E-state index in [0.717, 1.165) is 12.8 Å². The average molecular weight is 304 g/mol. The van der Waals surface area contributed by atoms with Crippen molar-refractivity contribution in [2.45, 2.75) is 72.1 Å². The molecule has 1 fully saturated rings. The van der Waals surface area contributed by atoms with E-state index in [0.29, 0.717) is 24.4 Å². The van der Waals surface area contributed by atoms with Crippen LogP contribution in [0.2, 0.25) is 0 Å². The zero-order chi connectivity index (χ0) is 15.2. The first-order valence-corrected chi connectivity index (χ1v) is 10.1. The van der Waals surface area contributed by atoms with Gasteiger partial charge in [0.25, 0.3) is 0 Å². The lowest BCUT2D eigenvalue weighted by atomic mass is 9.68. The summed E-state index contributed by atoms with van der Waals surface area (Å²) in [5.74, 6) is 0.687. The van der Waals surface area contributed by atoms with Crippen LogP contribution in [-0.4, -0.2) is 32.1 Å². The third kappa shape index (κ3) is 5.03. The summed E-state index contributed by atoms with van der Waals surface area (Å²) < 4.78 is 24.8. The normalized spacial score (nSPS) is 21.8. The third-order valence-electron chi connectivity index (χ3n) is 5.32. The van der Waals surface area contributed by atoms with Crippen LogP contribution in [-0.2, 0) is 10.0 Å². The van der Waals surface area contributed by atoms with Gasteiger partial charge in [0.1, 0.15) is 0 Å². The number of piperidine rings is 1. The zero-order valence-electron chi connectivity index (χ0n) is 13.8. The highest BCUT2D eigenvalue weighted by molar-refractivity contribution is 7.88. The number of hydrogen-bond acceptors (Lipinski definition) is 2. The van der Waals surface area contributed by atoms with Crippen LogP contribution in [0.25, 0.3) is 0 Å². The highest BCUT2D eigenvalue weighted by Crippen LogP contribution is 2.42. The van der Waals surface area contributed by atoms with Gasteiger partial charge in [0.15, 0.2) is 0 Å². The monoisotopic (exact) mass is 303 g/mol. The molecule has 0 bridgehead atoms. The molecule has 3 nitrogen and oxygen atoms in total. The predicted molar refractivity (Wildman–Crippen MR) is 86.3 cm³/mol. The molecule has 1 atom stereocenters. The molecule has 4 heteroatoms. The van der Waals surface area contributed by atoms with Gasteiger partial charge < -0.3 is 0 Å². The summed E-state index contributed by atoms with van der Waals surface area (Å²) in [6.07, 6.45) is 11.2. The molecule has 1 rings (SSSR count). The predicted octanol–water partition coefficient (Wildman–Crippen LogP) is 4.04. The van der Waals surface area contributed by atoms with Crippen LogP contribution in [0.1, 0.15) is 72.1 Å². The van der Waals surface area contributed by atoms with Gasteiger partial charge in [-0.1, -0.05) is 52.9 Å². The molecule has 0 saturated carbocycles. The molecule has 0 aromatic heterocycles. The summed E-state index contributed by atoms with van der Waals surface area (Å²) in [6, 6.07) is 0. The van der Waals surface area contributed by atoms with Crippen LogP contribution in [0.4, 0.5) is 0 Å². The summed E-state index contributed by atoms with van der Waals surface area (Å²) in [5.41, 5.74) is 0.400. The number of unbranched alkanes of at least 4 members (excludes halogenated alkanes) is 3. The largest absolute Gasteiger partial charge is 0.213 e. The van der Waals surface area contributed by atoms with Crippen LogP contribution in [0, 0.1) is 11.3 Å². The molecular weight excluding hydrogens is 270 g/mol. The van der Waals surface area contributed by atoms with Gasteiger partial charge in [0.05, 0.1) is 6.26 Å². The Balaban J connectivity index is 2.50. The highest BCUT2D eigenvalue weighted by atomic mass is 32.2. The summed E-state index contributed by atoms with van der Waals surface area (Å²) in [5, 5.41) is 0. The fraction of sp³-hybridized carbons (Fsp3) is 1.00. The van der Waals surface area contributed by atoms with Crippen molar-refractivity contribution in [3.05, 3.63) is 0 Å². The molecule has 1 heterocycles. The summed E-state index contributed by atoms with van der Waals surface area (Å²) in [6.45, 7) is 8.39. The number of rotatable bonds is 8. The first-order chi connectivity index (χ1) is 9.33. The van der Waals surface area contributed by atoms with Gasteiger partial charge in [-0.15, -0.1) is 0 Å². The Morgan fingerprint density at radius 1 is 1.10 bits per heavy atom. The molecule has 20 heavy (non-hydrogen) atoms. The van der Waals surface area contributed by atoms with Gasteiger partial charge >= 0.3 is 0 Å². The van der Waals surface area contributed by atoms with Crippen molar-refractivity contribution in [3.8, 4) is 0 Å². The molecule has 1 aliphatic rings. The second-order valence-electron chi connectivity index (χ2n) is 6.75. The van der Waals surface area contributed by atoms with E-state index in [2.05, 4.69) is 20.8 Å². The maximum absolute atomic E-state index is 11.6. The lowest BCUT2D eigenvalue weighted by Crippen LogP contribution is -2.42. The molecule has 0 aromatic rings. The Labute approximate surface area is 126 Å². The van der Waals surface area contributed by atoms with Crippen LogP contribution in [0.15, 0.2) is 0 Å². The van der Waals surface area contributed by atoms with Gasteiger partial charge in [-0.25, -0.2) is 12.7 Å². The van der Waals surface area contributed by atoms with Crippen molar-refractivity contribution in [3.63, 3.8) is 0 Å². The van der Waals surface area contributed by atoms with E-state index in [1.54, 1.807) is 4.31 Å². The Morgan fingerprint density at radius 2 is 1.70 bits per heavy atom. The van der Waals surface area contributed by atoms with Crippen molar-refractivity contribution in [1.29, 1.82) is 0 Å². The van der Waals surface area contributed by atoms with Gasteiger partial charge in [0, 0.05) is 13.1 Å². The Morgan fingerprint density at radius 3 is 2.15 bits per heavy atom. The van der Waals surface area contributed by atoms with Crippen molar-refractivity contribution in [2.75, 3.05) is 19.3 Å². The molecule has 120 valence electrons. The smallest absolute Gasteiger partial charge is 0.211 e. The highest BCUT2D eigenvalue weighted by Gasteiger charge is 2.36. The second kappa shape index (κ2) is 7.79. The van der Waals surface area contributed by atoms with Crippen LogP contribution in [0.5, 0.6) is 0 Å². The number of hydrogen-bond donors (Lipinski definition) is 0. The van der Waals surface area contributed by atoms with E-state index in [9.17, 15) is 8.42 Å². The van der Waals surface area contributed by atoms with Gasteiger partial charge in [0.2, 0.25) is 10.0 Å². The quantitative estimate of drug-likeness (QED) is 0.634. The fourth-order valence-corrected chi connectivity index (χ4v) is 4.38. The van der Waals surface area contributed by atoms with E-state index < -0.39 is 10.0 Å². The average Bonchev–Trinajstić information content (AvgIpc) is 2.42. The molecule has 0 amide bonds. The Kier molecular flexibility index (Phi) is 6.99. The SMILES string of the molecule is CCCCCCC(C)(CC)C1CCN(S(C)(=O)=O)CC1. The number of sulfonamides is 1. The van der Waals surface area contributed by atoms with E-state index in [4.69, 9.17) is 0 Å². The Bertz CT molecular complexity index is 372. The zero-order valence-corrected chi connectivity index (χ0v) is 14.6. The van der Waals surface area contributed by atoms with Crippen LogP contribution >= 0.6 is 0 Å². The number of nitrogens with zero attached hydrogens (tertiary/aromatic N) is 1. The fourth-order valence-electron chi connectivity index (χ4n) is 3.51. The molecule has 0 N–H and O–H groups in total. The van der Waals surface area contributed by atoms with E-state index >= 15 is 0 Å². The summed E-state index contributed by atoms with van der Waals surface area (Å²) >= 11 is 0. The van der Waals surface area contributed by atoms with Crippen LogP contribution in [0.3, 0.4) is 0 Å². The van der Waals surface area contributed by atoms with Crippen molar-refractivity contribution >= 4 is 10.0 Å². The molecular formula is C16H33NO2S. The van der Waals surface area contributed by atoms with Gasteiger partial charge in [-0.2, -0.15) is 0 Å². The Hall–Kier alpha value is -0.0900. The van der Waals surface area contributed by atoms with E-state index in [1.165, 1.54) is 44.8 Å². The topological polar surface area (TPSA) is 37.4 Å². The van der Waals surface area contributed by atoms with Crippen LogP contribution < -0.4 is 0 Å². The minimum absolute atomic E-state index is 0.400. The molecule has 0 spiro atoms. The lowest BCUT2D eigenvalue weighted by Gasteiger charge is -2.42. The first-order valence-electron chi connectivity index (χ1n) is 8.28. The van der Waals surface area contributed by atoms with Gasteiger partial charge in [-0.05, 0) is 30.6 Å². The lowest BCUT2D eigenvalue weighted by molar-refractivity contribution is 0.101. The second-order valence-corrected chi connectivity index (χ2v) is 8.74. The molecule has 1 saturated heterocycles. The maximum atomic E-state index is 11.6. The maximum Gasteiger partial charge on any atom is 0.211 e. The van der Waals surface area contributed by atoms with Crippen molar-refractivity contribution < 1.29 is 8.42 Å². The molecule has 1 unspecified atom stereocenters. The molecule has 1 aliphatic heterocycles. The third-order valence-corrected chi connectivity index (χ3v) is 6.62. The summed E-state index contributed by atoms with van der Waals surface area (Å²) in [4.78, 5) is 0. The van der Waals surface area contributed by atoms with E-state index in [1.807, 2.05) is 0 Å². The van der Waals surface area contributed by atoms with Crippen molar-refractivity contribution in [1.82, 2.24) is 4.31 Å².